The van der Waals surface area contributed by atoms with Gasteiger partial charge in [0.15, 0.2) is 5.96 Å². The predicted molar refractivity (Wildman–Crippen MR) is 107 cm³/mol. The van der Waals surface area contributed by atoms with E-state index in [2.05, 4.69) is 58.8 Å². The summed E-state index contributed by atoms with van der Waals surface area (Å²) in [4.78, 5) is 4.65. The molecular formula is C20H31N5O. The first-order valence-electron chi connectivity index (χ1n) is 9.52. The second kappa shape index (κ2) is 12.1. The highest BCUT2D eigenvalue weighted by Gasteiger charge is 1.99. The van der Waals surface area contributed by atoms with Crippen LogP contribution in [0.2, 0.25) is 0 Å². The van der Waals surface area contributed by atoms with Crippen LogP contribution in [0.4, 0.5) is 0 Å². The van der Waals surface area contributed by atoms with Crippen molar-refractivity contribution in [2.24, 2.45) is 4.99 Å². The number of hydrogen-bond donors (Lipinski definition) is 2. The van der Waals surface area contributed by atoms with Gasteiger partial charge in [-0.05, 0) is 43.5 Å². The minimum absolute atomic E-state index is 0.641. The maximum atomic E-state index is 5.58. The summed E-state index contributed by atoms with van der Waals surface area (Å²) in [6.07, 6.45) is 7.01. The fourth-order valence-corrected chi connectivity index (χ4v) is 2.42. The van der Waals surface area contributed by atoms with Crippen LogP contribution in [0.15, 0.2) is 47.7 Å². The average Bonchev–Trinajstić information content (AvgIpc) is 3.20. The molecular weight excluding hydrogens is 326 g/mol. The molecule has 0 unspecified atom stereocenters. The molecule has 0 bridgehead atoms. The number of nitrogens with zero attached hydrogens (tertiary/aromatic N) is 3. The fourth-order valence-electron chi connectivity index (χ4n) is 2.42. The molecule has 0 radical (unpaired) electrons. The number of aliphatic imine (C=N–C) groups is 1. The van der Waals surface area contributed by atoms with E-state index < -0.39 is 0 Å². The minimum atomic E-state index is 0.641. The Balaban J connectivity index is 1.76. The van der Waals surface area contributed by atoms with Crippen molar-refractivity contribution >= 4 is 5.96 Å². The van der Waals surface area contributed by atoms with Crippen molar-refractivity contribution in [2.45, 2.75) is 39.7 Å². The quantitative estimate of drug-likeness (QED) is 0.368. The summed E-state index contributed by atoms with van der Waals surface area (Å²) in [7, 11) is 0. The zero-order valence-electron chi connectivity index (χ0n) is 15.9. The van der Waals surface area contributed by atoms with Crippen LogP contribution in [0.1, 0.15) is 38.7 Å². The van der Waals surface area contributed by atoms with Crippen LogP contribution < -0.4 is 10.6 Å². The van der Waals surface area contributed by atoms with Gasteiger partial charge in [-0.2, -0.15) is 5.10 Å². The molecule has 142 valence electrons. The van der Waals surface area contributed by atoms with E-state index >= 15 is 0 Å². The Bertz CT molecular complexity index is 622. The van der Waals surface area contributed by atoms with E-state index in [1.807, 2.05) is 16.9 Å². The zero-order chi connectivity index (χ0) is 18.5. The summed E-state index contributed by atoms with van der Waals surface area (Å²) in [6, 6.07) is 10.2. The maximum absolute atomic E-state index is 5.58. The maximum Gasteiger partial charge on any atom is 0.191 e. The van der Waals surface area contributed by atoms with Crippen molar-refractivity contribution in [1.29, 1.82) is 0 Å². The lowest BCUT2D eigenvalue weighted by Crippen LogP contribution is -2.38. The molecule has 0 spiro atoms. The molecule has 1 aromatic carbocycles. The number of guanidine groups is 1. The van der Waals surface area contributed by atoms with Crippen LogP contribution in [0.25, 0.3) is 5.69 Å². The largest absolute Gasteiger partial charge is 0.381 e. The summed E-state index contributed by atoms with van der Waals surface area (Å²) in [5.74, 6) is 0.845. The third-order valence-electron chi connectivity index (χ3n) is 3.87. The van der Waals surface area contributed by atoms with E-state index in [1.54, 1.807) is 6.20 Å². The lowest BCUT2D eigenvalue weighted by molar-refractivity contribution is 0.129. The Morgan fingerprint density at radius 3 is 2.62 bits per heavy atom. The number of nitrogens with one attached hydrogen (secondary N) is 2. The van der Waals surface area contributed by atoms with Crippen LogP contribution in [0.3, 0.4) is 0 Å². The first kappa shape index (κ1) is 20.0. The highest BCUT2D eigenvalue weighted by atomic mass is 16.5. The van der Waals surface area contributed by atoms with Gasteiger partial charge in [0.1, 0.15) is 0 Å². The highest BCUT2D eigenvalue weighted by Crippen LogP contribution is 2.09. The molecule has 6 heteroatoms. The number of rotatable bonds is 11. The van der Waals surface area contributed by atoms with Crippen molar-refractivity contribution in [2.75, 3.05) is 26.3 Å². The van der Waals surface area contributed by atoms with Gasteiger partial charge in [0.25, 0.3) is 0 Å². The van der Waals surface area contributed by atoms with E-state index in [0.29, 0.717) is 6.54 Å². The summed E-state index contributed by atoms with van der Waals surface area (Å²) < 4.78 is 7.43. The van der Waals surface area contributed by atoms with E-state index in [9.17, 15) is 0 Å². The van der Waals surface area contributed by atoms with Gasteiger partial charge in [-0.1, -0.05) is 25.5 Å². The van der Waals surface area contributed by atoms with Gasteiger partial charge < -0.3 is 15.4 Å². The van der Waals surface area contributed by atoms with E-state index in [1.165, 1.54) is 12.0 Å². The van der Waals surface area contributed by atoms with Gasteiger partial charge in [0.05, 0.1) is 12.2 Å². The lowest BCUT2D eigenvalue weighted by atomic mass is 10.2. The van der Waals surface area contributed by atoms with Gasteiger partial charge in [0, 0.05) is 38.7 Å². The van der Waals surface area contributed by atoms with E-state index in [4.69, 9.17) is 4.74 Å². The van der Waals surface area contributed by atoms with Gasteiger partial charge in [-0.15, -0.1) is 0 Å². The van der Waals surface area contributed by atoms with Gasteiger partial charge in [-0.25, -0.2) is 9.67 Å². The number of ether oxygens (including phenoxy) is 1. The second-order valence-corrected chi connectivity index (χ2v) is 6.06. The smallest absolute Gasteiger partial charge is 0.191 e. The van der Waals surface area contributed by atoms with Crippen molar-refractivity contribution in [1.82, 2.24) is 20.4 Å². The topological polar surface area (TPSA) is 63.5 Å². The van der Waals surface area contributed by atoms with Crippen molar-refractivity contribution in [3.05, 3.63) is 48.3 Å². The standard InChI is InChI=1S/C20H31N5O/c1-3-5-15-26-16-7-12-22-20(21-4-2)23-17-18-8-10-19(11-9-18)25-14-6-13-24-25/h6,8-11,13-14H,3-5,7,12,15-17H2,1-2H3,(H2,21,22,23). The molecule has 0 saturated carbocycles. The lowest BCUT2D eigenvalue weighted by Gasteiger charge is -2.11. The first-order chi connectivity index (χ1) is 12.8. The monoisotopic (exact) mass is 357 g/mol. The molecule has 2 rings (SSSR count). The van der Waals surface area contributed by atoms with Crippen LogP contribution >= 0.6 is 0 Å². The molecule has 0 fully saturated rings. The zero-order valence-corrected chi connectivity index (χ0v) is 15.9. The fraction of sp³-hybridized carbons (Fsp3) is 0.500. The molecule has 0 aliphatic heterocycles. The van der Waals surface area contributed by atoms with Gasteiger partial charge in [-0.3, -0.25) is 0 Å². The first-order valence-corrected chi connectivity index (χ1v) is 9.52. The van der Waals surface area contributed by atoms with Crippen LogP contribution in [-0.2, 0) is 11.3 Å². The average molecular weight is 358 g/mol. The summed E-state index contributed by atoms with van der Waals surface area (Å²) in [5.41, 5.74) is 2.22. The molecule has 2 aromatic rings. The summed E-state index contributed by atoms with van der Waals surface area (Å²) in [5, 5.41) is 10.9. The molecule has 6 nitrogen and oxygen atoms in total. The number of hydrogen-bond acceptors (Lipinski definition) is 3. The Morgan fingerprint density at radius 2 is 1.92 bits per heavy atom. The second-order valence-electron chi connectivity index (χ2n) is 6.06. The molecule has 0 aliphatic carbocycles. The molecule has 26 heavy (non-hydrogen) atoms. The Labute approximate surface area is 156 Å². The van der Waals surface area contributed by atoms with Crippen molar-refractivity contribution < 1.29 is 4.74 Å². The molecule has 2 N–H and O–H groups in total. The summed E-state index contributed by atoms with van der Waals surface area (Å²) in [6.45, 7) is 8.24. The Hall–Kier alpha value is -2.34. The van der Waals surface area contributed by atoms with Crippen molar-refractivity contribution in [3.8, 4) is 5.69 Å². The molecule has 0 atom stereocenters. The molecule has 1 heterocycles. The number of unbranched alkanes of at least 4 members (excludes halogenated alkanes) is 1. The van der Waals surface area contributed by atoms with Gasteiger partial charge >= 0.3 is 0 Å². The minimum Gasteiger partial charge on any atom is -0.381 e. The third-order valence-corrected chi connectivity index (χ3v) is 3.87. The SMILES string of the molecule is CCCCOCCCNC(=NCc1ccc(-n2cccn2)cc1)NCC. The summed E-state index contributed by atoms with van der Waals surface area (Å²) >= 11 is 0. The molecule has 0 saturated heterocycles. The van der Waals surface area contributed by atoms with Crippen LogP contribution in [0.5, 0.6) is 0 Å². The highest BCUT2D eigenvalue weighted by molar-refractivity contribution is 5.79. The number of aromatic nitrogens is 2. The van der Waals surface area contributed by atoms with E-state index in [0.717, 1.165) is 50.8 Å². The van der Waals surface area contributed by atoms with E-state index in [-0.39, 0.29) is 0 Å². The molecule has 1 aromatic heterocycles. The number of benzene rings is 1. The Kier molecular flexibility index (Phi) is 9.29. The third kappa shape index (κ3) is 7.27. The normalized spacial score (nSPS) is 11.5. The van der Waals surface area contributed by atoms with Crippen LogP contribution in [0, 0.1) is 0 Å². The van der Waals surface area contributed by atoms with Gasteiger partial charge in [0.2, 0.25) is 0 Å². The van der Waals surface area contributed by atoms with Crippen molar-refractivity contribution in [3.63, 3.8) is 0 Å². The predicted octanol–water partition coefficient (Wildman–Crippen LogP) is 3.13. The molecule has 0 aliphatic rings. The molecule has 0 amide bonds. The van der Waals surface area contributed by atoms with Crippen LogP contribution in [-0.4, -0.2) is 42.0 Å². The Morgan fingerprint density at radius 1 is 1.12 bits per heavy atom.